The van der Waals surface area contributed by atoms with Gasteiger partial charge in [0.1, 0.15) is 0 Å². The molecule has 1 fully saturated rings. The predicted molar refractivity (Wildman–Crippen MR) is 89.9 cm³/mol. The zero-order chi connectivity index (χ0) is 14.7. The van der Waals surface area contributed by atoms with Crippen LogP contribution in [0.5, 0.6) is 0 Å². The lowest BCUT2D eigenvalue weighted by Crippen LogP contribution is -2.21. The fourth-order valence-corrected chi connectivity index (χ4v) is 2.78. The lowest BCUT2D eigenvalue weighted by Gasteiger charge is -2.23. The average molecular weight is 301 g/mol. The van der Waals surface area contributed by atoms with E-state index >= 15 is 0 Å². The van der Waals surface area contributed by atoms with Crippen LogP contribution >= 0.6 is 11.6 Å². The fraction of sp³-hybridized carbons (Fsp3) is 0.333. The minimum Gasteiger partial charge on any atom is -0.370 e. The van der Waals surface area contributed by atoms with Crippen LogP contribution in [-0.4, -0.2) is 13.1 Å². The largest absolute Gasteiger partial charge is 0.370 e. The Morgan fingerprint density at radius 1 is 1.14 bits per heavy atom. The number of hydrogen-bond acceptors (Lipinski definition) is 2. The summed E-state index contributed by atoms with van der Waals surface area (Å²) in [5.41, 5.74) is 3.87. The van der Waals surface area contributed by atoms with Crippen LogP contribution in [0.3, 0.4) is 0 Å². The molecule has 0 atom stereocenters. The summed E-state index contributed by atoms with van der Waals surface area (Å²) in [4.78, 5) is 2.29. The molecule has 2 aromatic carbocycles. The maximum absolute atomic E-state index is 6.07. The zero-order valence-corrected chi connectivity index (χ0v) is 13.1. The summed E-state index contributed by atoms with van der Waals surface area (Å²) < 4.78 is 0. The van der Waals surface area contributed by atoms with Gasteiger partial charge in [0.25, 0.3) is 0 Å². The third kappa shape index (κ3) is 3.99. The monoisotopic (exact) mass is 300 g/mol. The average Bonchev–Trinajstić information content (AvgIpc) is 3.29. The van der Waals surface area contributed by atoms with Crippen LogP contribution in [0, 0.1) is 0 Å². The maximum atomic E-state index is 6.07. The standard InChI is InChI=1S/C18H21ClN2/c1-21(13-14-5-4-7-16(19)11-14)18-8-3-2-6-15(18)12-20-17-9-10-17/h2-8,11,17,20H,9-10,12-13H2,1H3. The maximum Gasteiger partial charge on any atom is 0.0426 e. The van der Waals surface area contributed by atoms with Gasteiger partial charge in [-0.15, -0.1) is 0 Å². The molecule has 1 aliphatic carbocycles. The Kier molecular flexibility index (Phi) is 4.47. The van der Waals surface area contributed by atoms with Gasteiger partial charge in [-0.25, -0.2) is 0 Å². The summed E-state index contributed by atoms with van der Waals surface area (Å²) in [6, 6.07) is 17.4. The van der Waals surface area contributed by atoms with E-state index in [1.807, 2.05) is 18.2 Å². The number of rotatable bonds is 6. The van der Waals surface area contributed by atoms with Gasteiger partial charge in [-0.1, -0.05) is 41.9 Å². The predicted octanol–water partition coefficient (Wildman–Crippen LogP) is 4.23. The third-order valence-electron chi connectivity index (χ3n) is 3.87. The Hall–Kier alpha value is -1.51. The highest BCUT2D eigenvalue weighted by atomic mass is 35.5. The number of benzene rings is 2. The molecule has 2 aromatic rings. The van der Waals surface area contributed by atoms with E-state index in [4.69, 9.17) is 11.6 Å². The first kappa shape index (κ1) is 14.4. The molecule has 3 heteroatoms. The molecule has 0 heterocycles. The van der Waals surface area contributed by atoms with Crippen LogP contribution in [0.4, 0.5) is 5.69 Å². The Balaban J connectivity index is 1.72. The van der Waals surface area contributed by atoms with Gasteiger partial charge in [-0.05, 0) is 42.2 Å². The van der Waals surface area contributed by atoms with Crippen LogP contribution in [0.25, 0.3) is 0 Å². The zero-order valence-electron chi connectivity index (χ0n) is 12.3. The molecule has 0 aromatic heterocycles. The van der Waals surface area contributed by atoms with Crippen LogP contribution < -0.4 is 10.2 Å². The molecular weight excluding hydrogens is 280 g/mol. The molecule has 3 rings (SSSR count). The first-order chi connectivity index (χ1) is 10.2. The molecule has 1 saturated carbocycles. The summed E-state index contributed by atoms with van der Waals surface area (Å²) in [6.07, 6.45) is 2.64. The summed E-state index contributed by atoms with van der Waals surface area (Å²) in [6.45, 7) is 1.81. The number of nitrogens with zero attached hydrogens (tertiary/aromatic N) is 1. The normalized spacial score (nSPS) is 14.2. The summed E-state index contributed by atoms with van der Waals surface area (Å²) in [5.74, 6) is 0. The van der Waals surface area contributed by atoms with E-state index in [2.05, 4.69) is 47.6 Å². The molecule has 0 radical (unpaired) electrons. The van der Waals surface area contributed by atoms with E-state index in [9.17, 15) is 0 Å². The summed E-state index contributed by atoms with van der Waals surface area (Å²) in [5, 5.41) is 4.39. The number of para-hydroxylation sites is 1. The second-order valence-corrected chi connectivity index (χ2v) is 6.21. The van der Waals surface area contributed by atoms with Gasteiger partial charge in [0.05, 0.1) is 0 Å². The van der Waals surface area contributed by atoms with Crippen LogP contribution in [0.1, 0.15) is 24.0 Å². The highest BCUT2D eigenvalue weighted by Gasteiger charge is 2.20. The first-order valence-corrected chi connectivity index (χ1v) is 7.87. The van der Waals surface area contributed by atoms with E-state index in [1.165, 1.54) is 29.7 Å². The molecule has 0 saturated heterocycles. The van der Waals surface area contributed by atoms with Crippen LogP contribution in [0.15, 0.2) is 48.5 Å². The van der Waals surface area contributed by atoms with E-state index in [0.29, 0.717) is 0 Å². The van der Waals surface area contributed by atoms with E-state index < -0.39 is 0 Å². The van der Waals surface area contributed by atoms with E-state index in [1.54, 1.807) is 0 Å². The van der Waals surface area contributed by atoms with Crippen molar-refractivity contribution in [3.8, 4) is 0 Å². The van der Waals surface area contributed by atoms with Crippen molar-refractivity contribution in [2.75, 3.05) is 11.9 Å². The van der Waals surface area contributed by atoms with E-state index in [0.717, 1.165) is 24.2 Å². The van der Waals surface area contributed by atoms with Gasteiger partial charge in [0.15, 0.2) is 0 Å². The Labute approximate surface area is 131 Å². The molecular formula is C18H21ClN2. The van der Waals surface area contributed by atoms with Gasteiger partial charge in [0, 0.05) is 36.9 Å². The van der Waals surface area contributed by atoms with Crippen molar-refractivity contribution < 1.29 is 0 Å². The van der Waals surface area contributed by atoms with Gasteiger partial charge in [-0.2, -0.15) is 0 Å². The van der Waals surface area contributed by atoms with Crippen molar-refractivity contribution >= 4 is 17.3 Å². The summed E-state index contributed by atoms with van der Waals surface area (Å²) >= 11 is 6.07. The Morgan fingerprint density at radius 3 is 2.71 bits per heavy atom. The van der Waals surface area contributed by atoms with Crippen LogP contribution in [-0.2, 0) is 13.1 Å². The molecule has 1 aliphatic rings. The van der Waals surface area contributed by atoms with Gasteiger partial charge >= 0.3 is 0 Å². The molecule has 0 bridgehead atoms. The van der Waals surface area contributed by atoms with Crippen molar-refractivity contribution in [2.24, 2.45) is 0 Å². The molecule has 0 amide bonds. The second kappa shape index (κ2) is 6.50. The minimum atomic E-state index is 0.733. The smallest absolute Gasteiger partial charge is 0.0426 e. The lowest BCUT2D eigenvalue weighted by molar-refractivity contribution is 0.685. The van der Waals surface area contributed by atoms with E-state index in [-0.39, 0.29) is 0 Å². The molecule has 1 N–H and O–H groups in total. The SMILES string of the molecule is CN(Cc1cccc(Cl)c1)c1ccccc1CNC1CC1. The molecule has 0 aliphatic heterocycles. The van der Waals surface area contributed by atoms with Crippen molar-refractivity contribution in [2.45, 2.75) is 32.0 Å². The lowest BCUT2D eigenvalue weighted by atomic mass is 10.1. The Morgan fingerprint density at radius 2 is 1.95 bits per heavy atom. The second-order valence-electron chi connectivity index (χ2n) is 5.77. The molecule has 21 heavy (non-hydrogen) atoms. The number of halogens is 1. The number of anilines is 1. The Bertz CT molecular complexity index is 608. The minimum absolute atomic E-state index is 0.733. The van der Waals surface area contributed by atoms with Crippen molar-refractivity contribution in [1.82, 2.24) is 5.32 Å². The van der Waals surface area contributed by atoms with Crippen molar-refractivity contribution in [1.29, 1.82) is 0 Å². The quantitative estimate of drug-likeness (QED) is 0.859. The van der Waals surface area contributed by atoms with Crippen molar-refractivity contribution in [3.05, 3.63) is 64.7 Å². The molecule has 2 nitrogen and oxygen atoms in total. The van der Waals surface area contributed by atoms with Gasteiger partial charge in [0.2, 0.25) is 0 Å². The highest BCUT2D eigenvalue weighted by Crippen LogP contribution is 2.24. The molecule has 110 valence electrons. The number of nitrogens with one attached hydrogen (secondary N) is 1. The highest BCUT2D eigenvalue weighted by molar-refractivity contribution is 6.30. The fourth-order valence-electron chi connectivity index (χ4n) is 2.57. The van der Waals surface area contributed by atoms with Gasteiger partial charge < -0.3 is 10.2 Å². The van der Waals surface area contributed by atoms with Crippen molar-refractivity contribution in [3.63, 3.8) is 0 Å². The number of hydrogen-bond donors (Lipinski definition) is 1. The first-order valence-electron chi connectivity index (χ1n) is 7.49. The topological polar surface area (TPSA) is 15.3 Å². The third-order valence-corrected chi connectivity index (χ3v) is 4.11. The van der Waals surface area contributed by atoms with Gasteiger partial charge in [-0.3, -0.25) is 0 Å². The molecule has 0 unspecified atom stereocenters. The molecule has 0 spiro atoms. The van der Waals surface area contributed by atoms with Crippen LogP contribution in [0.2, 0.25) is 5.02 Å². The summed E-state index contributed by atoms with van der Waals surface area (Å²) in [7, 11) is 2.14.